The van der Waals surface area contributed by atoms with Crippen LogP contribution in [0.5, 0.6) is 17.2 Å². The van der Waals surface area contributed by atoms with Gasteiger partial charge < -0.3 is 24.1 Å². The highest BCUT2D eigenvalue weighted by Crippen LogP contribution is 2.27. The minimum Gasteiger partial charge on any atom is -0.497 e. The molecule has 0 radical (unpaired) electrons. The zero-order chi connectivity index (χ0) is 22.2. The smallest absolute Gasteiger partial charge is 0.234 e. The molecule has 31 heavy (non-hydrogen) atoms. The molecule has 1 N–H and O–H groups in total. The van der Waals surface area contributed by atoms with E-state index in [1.165, 1.54) is 11.8 Å². The summed E-state index contributed by atoms with van der Waals surface area (Å²) in [7, 11) is 3.20. The van der Waals surface area contributed by atoms with Crippen molar-refractivity contribution in [3.05, 3.63) is 54.4 Å². The van der Waals surface area contributed by atoms with E-state index in [-0.39, 0.29) is 17.8 Å². The Morgan fingerprint density at radius 2 is 1.74 bits per heavy atom. The molecule has 3 rings (SSSR count). The van der Waals surface area contributed by atoms with Crippen LogP contribution in [-0.2, 0) is 11.3 Å². The van der Waals surface area contributed by atoms with Gasteiger partial charge in [-0.15, -0.1) is 10.2 Å². The lowest BCUT2D eigenvalue weighted by atomic mass is 10.3. The lowest BCUT2D eigenvalue weighted by Gasteiger charge is -2.16. The average Bonchev–Trinajstić information content (AvgIpc) is 3.21. The van der Waals surface area contributed by atoms with Crippen molar-refractivity contribution >= 4 is 23.4 Å². The van der Waals surface area contributed by atoms with Crippen LogP contribution < -0.4 is 19.5 Å². The molecule has 9 heteroatoms. The van der Waals surface area contributed by atoms with Gasteiger partial charge in [0.05, 0.1) is 20.0 Å². The van der Waals surface area contributed by atoms with Gasteiger partial charge in [0.15, 0.2) is 17.1 Å². The van der Waals surface area contributed by atoms with Gasteiger partial charge in [0.1, 0.15) is 17.2 Å². The molecule has 0 aliphatic rings. The molecular weight excluding hydrogens is 416 g/mol. The van der Waals surface area contributed by atoms with Crippen molar-refractivity contribution in [1.29, 1.82) is 0 Å². The first-order valence-electron chi connectivity index (χ1n) is 9.84. The first kappa shape index (κ1) is 22.5. The van der Waals surface area contributed by atoms with E-state index in [1.807, 2.05) is 60.9 Å². The number of ether oxygens (including phenoxy) is 3. The van der Waals surface area contributed by atoms with Gasteiger partial charge in [0, 0.05) is 24.4 Å². The molecule has 1 atom stereocenters. The second-order valence-corrected chi connectivity index (χ2v) is 7.54. The van der Waals surface area contributed by atoms with E-state index in [4.69, 9.17) is 14.2 Å². The van der Waals surface area contributed by atoms with E-state index in [0.29, 0.717) is 34.7 Å². The number of hydrogen-bond donors (Lipinski definition) is 1. The van der Waals surface area contributed by atoms with E-state index in [9.17, 15) is 4.79 Å². The predicted octanol–water partition coefficient (Wildman–Crippen LogP) is 4.19. The Bertz CT molecular complexity index is 1020. The summed E-state index contributed by atoms with van der Waals surface area (Å²) in [6, 6.07) is 14.6. The molecule has 0 fully saturated rings. The number of nitrogens with zero attached hydrogens (tertiary/aromatic N) is 3. The van der Waals surface area contributed by atoms with E-state index in [0.717, 1.165) is 5.75 Å². The maximum atomic E-state index is 12.4. The second kappa shape index (κ2) is 10.7. The molecule has 0 saturated heterocycles. The third-order valence-corrected chi connectivity index (χ3v) is 5.43. The zero-order valence-corrected chi connectivity index (χ0v) is 18.8. The fourth-order valence-electron chi connectivity index (χ4n) is 2.96. The summed E-state index contributed by atoms with van der Waals surface area (Å²) >= 11 is 1.33. The molecule has 164 valence electrons. The highest BCUT2D eigenvalue weighted by atomic mass is 32.2. The topological polar surface area (TPSA) is 87.5 Å². The Morgan fingerprint density at radius 3 is 2.45 bits per heavy atom. The van der Waals surface area contributed by atoms with Crippen LogP contribution in [0.1, 0.15) is 25.8 Å². The van der Waals surface area contributed by atoms with E-state index in [1.54, 1.807) is 20.3 Å². The number of amides is 1. The largest absolute Gasteiger partial charge is 0.497 e. The van der Waals surface area contributed by atoms with Crippen LogP contribution in [0.25, 0.3) is 0 Å². The Kier molecular flexibility index (Phi) is 7.77. The SMILES string of the molecule is CCn1c(SCC(=O)Nc2cccc(OC)c2)nnc1C(C)Oc1cccc(OC)c1. The molecule has 0 bridgehead atoms. The first-order chi connectivity index (χ1) is 15.0. The monoisotopic (exact) mass is 442 g/mol. The minimum absolute atomic E-state index is 0.133. The maximum Gasteiger partial charge on any atom is 0.234 e. The summed E-state index contributed by atoms with van der Waals surface area (Å²) in [5.41, 5.74) is 0.683. The number of aromatic nitrogens is 3. The molecule has 1 unspecified atom stereocenters. The molecule has 0 saturated carbocycles. The van der Waals surface area contributed by atoms with E-state index >= 15 is 0 Å². The number of thioether (sulfide) groups is 1. The number of carbonyl (C=O) groups is 1. The summed E-state index contributed by atoms with van der Waals surface area (Å²) in [4.78, 5) is 12.4. The highest BCUT2D eigenvalue weighted by Gasteiger charge is 2.19. The maximum absolute atomic E-state index is 12.4. The highest BCUT2D eigenvalue weighted by molar-refractivity contribution is 7.99. The zero-order valence-electron chi connectivity index (χ0n) is 18.0. The van der Waals surface area contributed by atoms with Crippen LogP contribution in [-0.4, -0.2) is 40.6 Å². The van der Waals surface area contributed by atoms with Gasteiger partial charge in [-0.2, -0.15) is 0 Å². The molecule has 0 spiro atoms. The quantitative estimate of drug-likeness (QED) is 0.471. The van der Waals surface area contributed by atoms with Crippen LogP contribution in [0.2, 0.25) is 0 Å². The number of methoxy groups -OCH3 is 2. The Balaban J connectivity index is 1.63. The van der Waals surface area contributed by atoms with Crippen LogP contribution in [0, 0.1) is 0 Å². The van der Waals surface area contributed by atoms with Crippen molar-refractivity contribution in [3.8, 4) is 17.2 Å². The summed E-state index contributed by atoms with van der Waals surface area (Å²) in [5, 5.41) is 12.1. The molecule has 1 amide bonds. The van der Waals surface area contributed by atoms with Gasteiger partial charge in [0.2, 0.25) is 5.91 Å². The fraction of sp³-hybridized carbons (Fsp3) is 0.318. The molecule has 2 aromatic carbocycles. The molecule has 0 aliphatic carbocycles. The molecule has 1 aromatic heterocycles. The number of nitrogens with one attached hydrogen (secondary N) is 1. The van der Waals surface area contributed by atoms with Crippen LogP contribution in [0.3, 0.4) is 0 Å². The van der Waals surface area contributed by atoms with Crippen molar-refractivity contribution < 1.29 is 19.0 Å². The van der Waals surface area contributed by atoms with Crippen LogP contribution in [0.4, 0.5) is 5.69 Å². The number of anilines is 1. The lowest BCUT2D eigenvalue weighted by molar-refractivity contribution is -0.113. The Morgan fingerprint density at radius 1 is 1.06 bits per heavy atom. The third kappa shape index (κ3) is 5.91. The fourth-order valence-corrected chi connectivity index (χ4v) is 3.77. The van der Waals surface area contributed by atoms with Crippen molar-refractivity contribution in [3.63, 3.8) is 0 Å². The van der Waals surface area contributed by atoms with Gasteiger partial charge in [0.25, 0.3) is 0 Å². The van der Waals surface area contributed by atoms with Crippen molar-refractivity contribution in [1.82, 2.24) is 14.8 Å². The second-order valence-electron chi connectivity index (χ2n) is 6.59. The number of benzene rings is 2. The lowest BCUT2D eigenvalue weighted by Crippen LogP contribution is -2.15. The number of hydrogen-bond acceptors (Lipinski definition) is 7. The predicted molar refractivity (Wildman–Crippen MR) is 120 cm³/mol. The Hall–Kier alpha value is -3.20. The summed E-state index contributed by atoms with van der Waals surface area (Å²) in [6.07, 6.45) is -0.320. The normalized spacial score (nSPS) is 11.6. The van der Waals surface area contributed by atoms with E-state index in [2.05, 4.69) is 15.5 Å². The van der Waals surface area contributed by atoms with Gasteiger partial charge in [-0.1, -0.05) is 23.9 Å². The van der Waals surface area contributed by atoms with Gasteiger partial charge in [-0.25, -0.2) is 0 Å². The van der Waals surface area contributed by atoms with Gasteiger partial charge in [-0.05, 0) is 38.1 Å². The van der Waals surface area contributed by atoms with Crippen molar-refractivity contribution in [2.45, 2.75) is 31.7 Å². The molecule has 0 aliphatic heterocycles. The first-order valence-corrected chi connectivity index (χ1v) is 10.8. The Labute approximate surface area is 185 Å². The van der Waals surface area contributed by atoms with Crippen LogP contribution >= 0.6 is 11.8 Å². The summed E-state index contributed by atoms with van der Waals surface area (Å²) in [5.74, 6) is 2.86. The van der Waals surface area contributed by atoms with Gasteiger partial charge >= 0.3 is 0 Å². The van der Waals surface area contributed by atoms with Gasteiger partial charge in [-0.3, -0.25) is 4.79 Å². The standard InChI is InChI=1S/C22H26N4O4S/c1-5-26-21(15(2)30-19-11-7-10-18(13-19)29-4)24-25-22(26)31-14-20(27)23-16-8-6-9-17(12-16)28-3/h6-13,15H,5,14H2,1-4H3,(H,23,27). The summed E-state index contributed by atoms with van der Waals surface area (Å²) < 4.78 is 18.4. The minimum atomic E-state index is -0.320. The average molecular weight is 443 g/mol. The molecule has 1 heterocycles. The molecule has 8 nitrogen and oxygen atoms in total. The number of carbonyl (C=O) groups excluding carboxylic acids is 1. The number of rotatable bonds is 10. The third-order valence-electron chi connectivity index (χ3n) is 4.47. The van der Waals surface area contributed by atoms with Crippen molar-refractivity contribution in [2.75, 3.05) is 25.3 Å². The van der Waals surface area contributed by atoms with Crippen molar-refractivity contribution in [2.24, 2.45) is 0 Å². The van der Waals surface area contributed by atoms with Crippen LogP contribution in [0.15, 0.2) is 53.7 Å². The summed E-state index contributed by atoms with van der Waals surface area (Å²) in [6.45, 7) is 4.58. The molecule has 3 aromatic rings. The van der Waals surface area contributed by atoms with E-state index < -0.39 is 0 Å². The molecular formula is C22H26N4O4S.